The molecule has 9 heteroatoms. The zero-order chi connectivity index (χ0) is 18.1. The van der Waals surface area contributed by atoms with Crippen molar-refractivity contribution in [3.8, 4) is 0 Å². The molecule has 0 radical (unpaired) electrons. The maximum Gasteiger partial charge on any atom is 0.276 e. The molecule has 0 spiro atoms. The fraction of sp³-hybridized carbons (Fsp3) is 0.647. The molecule has 0 aromatic carbocycles. The van der Waals surface area contributed by atoms with E-state index in [1.54, 1.807) is 6.92 Å². The van der Waals surface area contributed by atoms with Gasteiger partial charge in [-0.15, -0.1) is 0 Å². The van der Waals surface area contributed by atoms with Crippen LogP contribution in [0.2, 0.25) is 0 Å². The number of carbonyl (C=O) groups excluding carboxylic acids is 1. The van der Waals surface area contributed by atoms with Gasteiger partial charge in [-0.2, -0.15) is 15.4 Å². The van der Waals surface area contributed by atoms with Crippen LogP contribution in [0.3, 0.4) is 0 Å². The van der Waals surface area contributed by atoms with Crippen molar-refractivity contribution in [3.05, 3.63) is 29.6 Å². The first-order chi connectivity index (χ1) is 12.7. The van der Waals surface area contributed by atoms with Crippen molar-refractivity contribution >= 4 is 5.91 Å². The second-order valence-corrected chi connectivity index (χ2v) is 7.10. The number of nitrogens with zero attached hydrogens (tertiary/aromatic N) is 6. The smallest absolute Gasteiger partial charge is 0.276 e. The summed E-state index contributed by atoms with van der Waals surface area (Å²) in [6, 6.07) is 0.0103. The minimum absolute atomic E-state index is 0.0103. The zero-order valence-electron chi connectivity index (χ0n) is 15.3. The second-order valence-electron chi connectivity index (χ2n) is 7.10. The Bertz CT molecular complexity index is 771. The highest BCUT2D eigenvalue weighted by Crippen LogP contribution is 2.23. The normalized spacial score (nSPS) is 23.8. The number of nitrogens with one attached hydrogen (secondary N) is 1. The van der Waals surface area contributed by atoms with E-state index in [9.17, 15) is 4.79 Å². The SMILES string of the molecule is CCn1ccnc1CN1C[C@@H]2COC[C@H](C1)N(C(=O)c1n[nH]nc1C)C2. The fourth-order valence-corrected chi connectivity index (χ4v) is 3.92. The third-order valence-electron chi connectivity index (χ3n) is 5.24. The highest BCUT2D eigenvalue weighted by Gasteiger charge is 2.37. The Morgan fingerprint density at radius 1 is 1.31 bits per heavy atom. The molecule has 1 amide bonds. The lowest BCUT2D eigenvalue weighted by atomic mass is 10.1. The van der Waals surface area contributed by atoms with Gasteiger partial charge in [0.15, 0.2) is 5.69 Å². The molecular weight excluding hydrogens is 334 g/mol. The van der Waals surface area contributed by atoms with E-state index in [2.05, 4.69) is 36.8 Å². The molecule has 2 aromatic rings. The molecule has 4 heterocycles. The number of amides is 1. The van der Waals surface area contributed by atoms with Crippen LogP contribution in [0.5, 0.6) is 0 Å². The lowest BCUT2D eigenvalue weighted by molar-refractivity contribution is 0.0414. The third-order valence-corrected chi connectivity index (χ3v) is 5.24. The Kier molecular flexibility index (Phi) is 4.73. The number of imidazole rings is 1. The summed E-state index contributed by atoms with van der Waals surface area (Å²) in [6.45, 7) is 9.21. The molecule has 9 nitrogen and oxygen atoms in total. The summed E-state index contributed by atoms with van der Waals surface area (Å²) >= 11 is 0. The molecule has 26 heavy (non-hydrogen) atoms. The highest BCUT2D eigenvalue weighted by molar-refractivity contribution is 5.93. The number of aromatic nitrogens is 5. The number of ether oxygens (including phenoxy) is 1. The largest absolute Gasteiger partial charge is 0.379 e. The Morgan fingerprint density at radius 2 is 2.19 bits per heavy atom. The van der Waals surface area contributed by atoms with E-state index >= 15 is 0 Å². The first-order valence-electron chi connectivity index (χ1n) is 9.14. The van der Waals surface area contributed by atoms with E-state index in [0.717, 1.165) is 32.0 Å². The van der Waals surface area contributed by atoms with Crippen LogP contribution in [0.15, 0.2) is 12.4 Å². The summed E-state index contributed by atoms with van der Waals surface area (Å²) in [5.41, 5.74) is 1.04. The summed E-state index contributed by atoms with van der Waals surface area (Å²) in [6.07, 6.45) is 3.87. The van der Waals surface area contributed by atoms with Crippen LogP contribution in [0.4, 0.5) is 0 Å². The topological polar surface area (TPSA) is 92.2 Å². The minimum Gasteiger partial charge on any atom is -0.379 e. The van der Waals surface area contributed by atoms with Crippen molar-refractivity contribution in [2.75, 3.05) is 32.8 Å². The van der Waals surface area contributed by atoms with Crippen molar-refractivity contribution in [2.24, 2.45) is 5.92 Å². The number of rotatable bonds is 4. The Labute approximate surface area is 152 Å². The zero-order valence-corrected chi connectivity index (χ0v) is 15.3. The predicted octanol–water partition coefficient (Wildman–Crippen LogP) is 0.303. The van der Waals surface area contributed by atoms with Gasteiger partial charge in [-0.3, -0.25) is 9.69 Å². The van der Waals surface area contributed by atoms with Crippen LogP contribution in [0, 0.1) is 12.8 Å². The van der Waals surface area contributed by atoms with Crippen molar-refractivity contribution in [3.63, 3.8) is 0 Å². The van der Waals surface area contributed by atoms with Crippen molar-refractivity contribution in [2.45, 2.75) is 33.0 Å². The number of hydrogen-bond donors (Lipinski definition) is 1. The van der Waals surface area contributed by atoms with Gasteiger partial charge in [-0.25, -0.2) is 4.98 Å². The summed E-state index contributed by atoms with van der Waals surface area (Å²) in [7, 11) is 0. The van der Waals surface area contributed by atoms with E-state index in [0.29, 0.717) is 31.1 Å². The molecule has 2 saturated heterocycles. The highest BCUT2D eigenvalue weighted by atomic mass is 16.5. The van der Waals surface area contributed by atoms with Gasteiger partial charge in [-0.1, -0.05) is 0 Å². The van der Waals surface area contributed by atoms with Gasteiger partial charge in [-0.05, 0) is 13.8 Å². The van der Waals surface area contributed by atoms with Gasteiger partial charge < -0.3 is 14.2 Å². The molecule has 2 aromatic heterocycles. The van der Waals surface area contributed by atoms with E-state index in [1.165, 1.54) is 0 Å². The molecule has 2 bridgehead atoms. The summed E-state index contributed by atoms with van der Waals surface area (Å²) < 4.78 is 8.00. The Balaban J connectivity index is 1.54. The van der Waals surface area contributed by atoms with Crippen molar-refractivity contribution in [1.29, 1.82) is 0 Å². The van der Waals surface area contributed by atoms with Crippen LogP contribution in [0.1, 0.15) is 28.9 Å². The number of aryl methyl sites for hydroxylation is 2. The molecule has 0 unspecified atom stereocenters. The quantitative estimate of drug-likeness (QED) is 0.844. The predicted molar refractivity (Wildman–Crippen MR) is 93.4 cm³/mol. The number of hydrogen-bond acceptors (Lipinski definition) is 6. The van der Waals surface area contributed by atoms with Gasteiger partial charge in [0, 0.05) is 44.5 Å². The molecule has 2 fully saturated rings. The first-order valence-corrected chi connectivity index (χ1v) is 9.14. The van der Waals surface area contributed by atoms with Gasteiger partial charge >= 0.3 is 0 Å². The molecule has 2 atom stereocenters. The molecule has 0 aliphatic carbocycles. The number of carbonyl (C=O) groups is 1. The maximum absolute atomic E-state index is 13.0. The summed E-state index contributed by atoms with van der Waals surface area (Å²) in [5, 5.41) is 10.6. The lowest BCUT2D eigenvalue weighted by Gasteiger charge is -2.30. The average Bonchev–Trinajstić information content (AvgIpc) is 3.14. The molecule has 140 valence electrons. The molecule has 1 N–H and O–H groups in total. The molecule has 2 aliphatic rings. The number of H-pyrrole nitrogens is 1. The Morgan fingerprint density at radius 3 is 2.96 bits per heavy atom. The van der Waals surface area contributed by atoms with Crippen LogP contribution in [-0.4, -0.2) is 79.6 Å². The number of aromatic amines is 1. The van der Waals surface area contributed by atoms with Crippen LogP contribution < -0.4 is 0 Å². The fourth-order valence-electron chi connectivity index (χ4n) is 3.92. The third kappa shape index (κ3) is 3.24. The Hall–Kier alpha value is -2.26. The van der Waals surface area contributed by atoms with E-state index in [1.807, 2.05) is 17.3 Å². The van der Waals surface area contributed by atoms with Gasteiger partial charge in [0.1, 0.15) is 5.82 Å². The van der Waals surface area contributed by atoms with Gasteiger partial charge in [0.2, 0.25) is 0 Å². The lowest BCUT2D eigenvalue weighted by Crippen LogP contribution is -2.46. The van der Waals surface area contributed by atoms with E-state index < -0.39 is 0 Å². The molecular formula is C17H25N7O2. The maximum atomic E-state index is 13.0. The van der Waals surface area contributed by atoms with Gasteiger partial charge in [0.05, 0.1) is 31.5 Å². The molecule has 4 rings (SSSR count). The first kappa shape index (κ1) is 17.2. The van der Waals surface area contributed by atoms with Crippen molar-refractivity contribution in [1.82, 2.24) is 34.8 Å². The van der Waals surface area contributed by atoms with Crippen molar-refractivity contribution < 1.29 is 9.53 Å². The number of fused-ring (bicyclic) bond motifs is 3. The molecule has 2 aliphatic heterocycles. The average molecular weight is 359 g/mol. The van der Waals surface area contributed by atoms with E-state index in [4.69, 9.17) is 4.74 Å². The summed E-state index contributed by atoms with van der Waals surface area (Å²) in [4.78, 5) is 21.8. The standard InChI is InChI=1S/C17H25N7O2/c1-3-23-5-4-18-15(23)9-22-6-13-7-24(14(8-22)11-26-10-13)17(25)16-12(2)19-21-20-16/h4-5,13-14H,3,6-11H2,1-2H3,(H,19,20,21)/t13-,14-/m0/s1. The molecule has 0 saturated carbocycles. The minimum atomic E-state index is -0.0614. The monoisotopic (exact) mass is 359 g/mol. The summed E-state index contributed by atoms with van der Waals surface area (Å²) in [5.74, 6) is 1.29. The van der Waals surface area contributed by atoms with Crippen LogP contribution in [-0.2, 0) is 17.8 Å². The van der Waals surface area contributed by atoms with Crippen LogP contribution in [0.25, 0.3) is 0 Å². The second kappa shape index (κ2) is 7.16. The van der Waals surface area contributed by atoms with Gasteiger partial charge in [0.25, 0.3) is 5.91 Å². The van der Waals surface area contributed by atoms with E-state index in [-0.39, 0.29) is 17.9 Å². The van der Waals surface area contributed by atoms with Crippen LogP contribution >= 0.6 is 0 Å².